The molecule has 0 radical (unpaired) electrons. The number of fused-ring (bicyclic) bond motifs is 1. The lowest BCUT2D eigenvalue weighted by molar-refractivity contribution is -0.647. The Morgan fingerprint density at radius 1 is 1.21 bits per heavy atom. The summed E-state index contributed by atoms with van der Waals surface area (Å²) >= 11 is 9.36. The molecule has 2 aromatic carbocycles. The van der Waals surface area contributed by atoms with Gasteiger partial charge in [-0.25, -0.2) is 8.42 Å². The second-order valence-corrected chi connectivity index (χ2v) is 11.2. The summed E-state index contributed by atoms with van der Waals surface area (Å²) in [7, 11) is -4.27. The van der Waals surface area contributed by atoms with Crippen LogP contribution >= 0.6 is 35.1 Å². The van der Waals surface area contributed by atoms with Crippen molar-refractivity contribution in [3.63, 3.8) is 0 Å². The van der Waals surface area contributed by atoms with Crippen LogP contribution in [0, 0.1) is 6.92 Å². The minimum Gasteiger partial charge on any atom is -0.748 e. The van der Waals surface area contributed by atoms with Crippen molar-refractivity contribution in [1.82, 2.24) is 4.98 Å². The van der Waals surface area contributed by atoms with Gasteiger partial charge in [0, 0.05) is 34.4 Å². The van der Waals surface area contributed by atoms with Crippen LogP contribution in [0.5, 0.6) is 0 Å². The highest BCUT2D eigenvalue weighted by atomic mass is 35.5. The SMILES string of the molecule is CSc1nc(/C=C2\Sc3ccc(Cl)cc3N2CCCS(=O)(=O)[O-])cc(C)[n+]1-c1ccccc1. The van der Waals surface area contributed by atoms with Gasteiger partial charge in [-0.1, -0.05) is 41.6 Å². The summed E-state index contributed by atoms with van der Waals surface area (Å²) in [6, 6.07) is 17.7. The van der Waals surface area contributed by atoms with Crippen molar-refractivity contribution in [2.45, 2.75) is 23.4 Å². The van der Waals surface area contributed by atoms with Gasteiger partial charge in [0.25, 0.3) is 0 Å². The molecule has 1 aliphatic heterocycles. The van der Waals surface area contributed by atoms with Crippen LogP contribution in [0.2, 0.25) is 5.02 Å². The highest BCUT2D eigenvalue weighted by molar-refractivity contribution is 8.03. The van der Waals surface area contributed by atoms with Crippen molar-refractivity contribution in [3.05, 3.63) is 76.0 Å². The minimum absolute atomic E-state index is 0.223. The maximum absolute atomic E-state index is 11.1. The van der Waals surface area contributed by atoms with E-state index in [9.17, 15) is 13.0 Å². The molecule has 1 aliphatic rings. The average molecular weight is 520 g/mol. The number of hydrogen-bond acceptors (Lipinski definition) is 7. The molecule has 0 amide bonds. The summed E-state index contributed by atoms with van der Waals surface area (Å²) in [4.78, 5) is 7.89. The van der Waals surface area contributed by atoms with E-state index in [-0.39, 0.29) is 6.42 Å². The van der Waals surface area contributed by atoms with E-state index in [0.717, 1.165) is 37.8 Å². The van der Waals surface area contributed by atoms with Gasteiger partial charge >= 0.3 is 5.16 Å². The van der Waals surface area contributed by atoms with Crippen molar-refractivity contribution < 1.29 is 17.5 Å². The van der Waals surface area contributed by atoms with E-state index in [1.54, 1.807) is 23.5 Å². The van der Waals surface area contributed by atoms with Crippen LogP contribution < -0.4 is 9.47 Å². The number of para-hydroxylation sites is 1. The number of aromatic nitrogens is 2. The predicted octanol–water partition coefficient (Wildman–Crippen LogP) is 4.89. The molecule has 0 atom stereocenters. The molecular formula is C23H22ClN3O3S3. The first-order valence-corrected chi connectivity index (χ1v) is 14.2. The first kappa shape index (κ1) is 24.1. The molecular weight excluding hydrogens is 498 g/mol. The van der Waals surface area contributed by atoms with Gasteiger partial charge in [-0.2, -0.15) is 4.57 Å². The Balaban J connectivity index is 1.71. The Bertz CT molecular complexity index is 1320. The van der Waals surface area contributed by atoms with Gasteiger partial charge in [0.05, 0.1) is 20.8 Å². The molecule has 0 saturated heterocycles. The Morgan fingerprint density at radius 2 is 1.97 bits per heavy atom. The first-order chi connectivity index (χ1) is 15.7. The number of thioether (sulfide) groups is 2. The number of hydrogen-bond donors (Lipinski definition) is 0. The maximum atomic E-state index is 11.1. The van der Waals surface area contributed by atoms with Gasteiger partial charge in [-0.15, -0.1) is 0 Å². The zero-order valence-electron chi connectivity index (χ0n) is 18.1. The van der Waals surface area contributed by atoms with Gasteiger partial charge < -0.3 is 9.45 Å². The van der Waals surface area contributed by atoms with Gasteiger partial charge in [0.1, 0.15) is 11.4 Å². The van der Waals surface area contributed by atoms with Crippen LogP contribution in [-0.2, 0) is 10.1 Å². The van der Waals surface area contributed by atoms with Crippen molar-refractivity contribution in [1.29, 1.82) is 0 Å². The monoisotopic (exact) mass is 519 g/mol. The van der Waals surface area contributed by atoms with E-state index in [1.165, 1.54) is 0 Å². The lowest BCUT2D eigenvalue weighted by atomic mass is 10.2. The lowest BCUT2D eigenvalue weighted by Crippen LogP contribution is -2.38. The van der Waals surface area contributed by atoms with E-state index in [4.69, 9.17) is 16.6 Å². The van der Waals surface area contributed by atoms with Crippen molar-refractivity contribution in [3.8, 4) is 5.69 Å². The topological polar surface area (TPSA) is 77.2 Å². The molecule has 6 nitrogen and oxygen atoms in total. The van der Waals surface area contributed by atoms with Crippen molar-refractivity contribution >= 4 is 57.0 Å². The molecule has 172 valence electrons. The molecule has 2 heterocycles. The summed E-state index contributed by atoms with van der Waals surface area (Å²) in [6.45, 7) is 2.43. The number of anilines is 1. The van der Waals surface area contributed by atoms with E-state index in [1.807, 2.05) is 78.8 Å². The fourth-order valence-electron chi connectivity index (χ4n) is 3.66. The van der Waals surface area contributed by atoms with Crippen molar-refractivity contribution in [2.24, 2.45) is 0 Å². The molecule has 3 aromatic rings. The molecule has 1 aromatic heterocycles. The number of halogens is 1. The fraction of sp³-hybridized carbons (Fsp3) is 0.217. The predicted molar refractivity (Wildman–Crippen MR) is 134 cm³/mol. The third-order valence-corrected chi connectivity index (χ3v) is 7.84. The lowest BCUT2D eigenvalue weighted by Gasteiger charge is -2.21. The molecule has 0 N–H and O–H groups in total. The van der Waals surface area contributed by atoms with Crippen LogP contribution in [0.15, 0.2) is 69.7 Å². The second-order valence-electron chi connectivity index (χ2n) is 7.44. The quantitative estimate of drug-likeness (QED) is 0.190. The van der Waals surface area contributed by atoms with E-state index < -0.39 is 15.9 Å². The highest BCUT2D eigenvalue weighted by Crippen LogP contribution is 2.47. The summed E-state index contributed by atoms with van der Waals surface area (Å²) in [6.07, 6.45) is 4.21. The number of benzene rings is 2. The molecule has 0 aliphatic carbocycles. The van der Waals surface area contributed by atoms with Gasteiger partial charge in [0.2, 0.25) is 0 Å². The Labute approximate surface area is 207 Å². The van der Waals surface area contributed by atoms with Crippen LogP contribution in [0.3, 0.4) is 0 Å². The normalized spacial score (nSPS) is 14.7. The minimum atomic E-state index is -4.27. The van der Waals surface area contributed by atoms with E-state index in [0.29, 0.717) is 11.6 Å². The van der Waals surface area contributed by atoms with Crippen LogP contribution in [-0.4, -0.2) is 36.5 Å². The summed E-state index contributed by atoms with van der Waals surface area (Å²) in [5.41, 5.74) is 3.79. The number of rotatable bonds is 7. The Morgan fingerprint density at radius 3 is 2.67 bits per heavy atom. The number of nitrogens with zero attached hydrogens (tertiary/aromatic N) is 3. The molecule has 0 saturated carbocycles. The first-order valence-electron chi connectivity index (χ1n) is 10.2. The molecule has 33 heavy (non-hydrogen) atoms. The molecule has 0 unspecified atom stereocenters. The summed E-state index contributed by atoms with van der Waals surface area (Å²) < 4.78 is 35.4. The maximum Gasteiger partial charge on any atom is 0.364 e. The summed E-state index contributed by atoms with van der Waals surface area (Å²) in [5, 5.41) is 2.37. The Kier molecular flexibility index (Phi) is 7.35. The Hall–Kier alpha value is -2.04. The highest BCUT2D eigenvalue weighted by Gasteiger charge is 2.27. The zero-order chi connectivity index (χ0) is 23.6. The molecule has 10 heteroatoms. The third-order valence-electron chi connectivity index (χ3n) is 5.06. The molecule has 4 rings (SSSR count). The van der Waals surface area contributed by atoms with Crippen LogP contribution in [0.25, 0.3) is 11.8 Å². The van der Waals surface area contributed by atoms with Gasteiger partial charge in [0.15, 0.2) is 5.69 Å². The number of aryl methyl sites for hydroxylation is 1. The molecule has 0 spiro atoms. The molecule has 0 bridgehead atoms. The standard InChI is InChI=1S/C23H22ClN3O3S3/c1-16-13-18(25-23(31-2)27(16)19-7-4-3-5-8-19)15-22-26(11-6-12-33(28,29)30)20-14-17(24)9-10-21(20)32-22/h3-5,7-10,13-15H,6,11-12H2,1-2H3. The van der Waals surface area contributed by atoms with E-state index >= 15 is 0 Å². The summed E-state index contributed by atoms with van der Waals surface area (Å²) in [5.74, 6) is -0.409. The average Bonchev–Trinajstić information content (AvgIpc) is 3.09. The van der Waals surface area contributed by atoms with Gasteiger partial charge in [-0.3, -0.25) is 0 Å². The fourth-order valence-corrected chi connectivity index (χ4v) is 6.05. The van der Waals surface area contributed by atoms with E-state index in [2.05, 4.69) is 4.57 Å². The molecule has 0 fully saturated rings. The largest absolute Gasteiger partial charge is 0.748 e. The van der Waals surface area contributed by atoms with Gasteiger partial charge in [-0.05, 0) is 66.7 Å². The van der Waals surface area contributed by atoms with Crippen molar-refractivity contribution in [2.75, 3.05) is 23.5 Å². The third kappa shape index (κ3) is 5.73. The van der Waals surface area contributed by atoms with Crippen LogP contribution in [0.1, 0.15) is 17.8 Å². The smallest absolute Gasteiger partial charge is 0.364 e. The zero-order valence-corrected chi connectivity index (χ0v) is 21.3. The second kappa shape index (κ2) is 10.1. The van der Waals surface area contributed by atoms with Crippen LogP contribution in [0.4, 0.5) is 5.69 Å².